The Labute approximate surface area is 213 Å². The summed E-state index contributed by atoms with van der Waals surface area (Å²) in [6.07, 6.45) is 1.94. The summed E-state index contributed by atoms with van der Waals surface area (Å²) in [6, 6.07) is 17.4. The highest BCUT2D eigenvalue weighted by Crippen LogP contribution is 2.33. The Morgan fingerprint density at radius 1 is 1.11 bits per heavy atom. The molecule has 4 aromatic rings. The standard InChI is InChI=1S/C25H27ClN6O2S/c1-17-12-19(26)15-21(13-17)35-32(16-25(33)34)20-4-5-22-18(14-20)8-10-31(22)24-7-6-23(28-29-24)27-9-11-30(2)3/h4-8,10,12-15H,9,11,16H2,1-3H3,(H,27,28)(H,33,34). The van der Waals surface area contributed by atoms with E-state index in [0.29, 0.717) is 10.8 Å². The number of aryl methyl sites for hydroxylation is 1. The number of carboxylic acid groups (broad SMARTS) is 1. The zero-order valence-corrected chi connectivity index (χ0v) is 21.3. The third-order valence-electron chi connectivity index (χ3n) is 5.23. The number of nitrogens with zero attached hydrogens (tertiary/aromatic N) is 5. The largest absolute Gasteiger partial charge is 0.480 e. The van der Waals surface area contributed by atoms with Crippen LogP contribution in [0.2, 0.25) is 5.02 Å². The lowest BCUT2D eigenvalue weighted by molar-refractivity contribution is -0.135. The van der Waals surface area contributed by atoms with E-state index in [4.69, 9.17) is 11.6 Å². The second-order valence-electron chi connectivity index (χ2n) is 8.42. The summed E-state index contributed by atoms with van der Waals surface area (Å²) >= 11 is 7.55. The normalized spacial score (nSPS) is 11.2. The summed E-state index contributed by atoms with van der Waals surface area (Å²) in [7, 11) is 4.05. The first kappa shape index (κ1) is 24.8. The van der Waals surface area contributed by atoms with E-state index in [-0.39, 0.29) is 6.54 Å². The van der Waals surface area contributed by atoms with E-state index in [1.54, 1.807) is 4.31 Å². The number of likely N-dealkylation sites (N-methyl/N-ethyl adjacent to an activating group) is 1. The molecule has 0 bridgehead atoms. The third-order valence-corrected chi connectivity index (χ3v) is 6.46. The lowest BCUT2D eigenvalue weighted by Gasteiger charge is -2.22. The molecule has 0 amide bonds. The molecule has 2 N–H and O–H groups in total. The molecular formula is C25H27ClN6O2S. The number of fused-ring (bicyclic) bond motifs is 1. The van der Waals surface area contributed by atoms with Crippen LogP contribution in [0.5, 0.6) is 0 Å². The molecule has 0 aliphatic heterocycles. The van der Waals surface area contributed by atoms with Gasteiger partial charge in [0.2, 0.25) is 0 Å². The maximum atomic E-state index is 11.6. The van der Waals surface area contributed by atoms with Gasteiger partial charge in [-0.05, 0) is 93.1 Å². The molecule has 0 aliphatic carbocycles. The minimum atomic E-state index is -0.913. The molecular weight excluding hydrogens is 484 g/mol. The predicted molar refractivity (Wildman–Crippen MR) is 143 cm³/mol. The van der Waals surface area contributed by atoms with Crippen LogP contribution >= 0.6 is 23.5 Å². The predicted octanol–water partition coefficient (Wildman–Crippen LogP) is 4.95. The number of benzene rings is 2. The first-order chi connectivity index (χ1) is 16.8. The number of nitrogens with one attached hydrogen (secondary N) is 1. The van der Waals surface area contributed by atoms with Crippen molar-refractivity contribution in [1.29, 1.82) is 0 Å². The summed E-state index contributed by atoms with van der Waals surface area (Å²) in [6.45, 7) is 3.50. The van der Waals surface area contributed by atoms with Crippen LogP contribution in [0, 0.1) is 6.92 Å². The molecule has 0 radical (unpaired) electrons. The smallest absolute Gasteiger partial charge is 0.324 e. The highest BCUT2D eigenvalue weighted by Gasteiger charge is 2.15. The van der Waals surface area contributed by atoms with E-state index in [1.807, 2.05) is 86.4 Å². The third kappa shape index (κ3) is 6.45. The minimum absolute atomic E-state index is 0.157. The highest BCUT2D eigenvalue weighted by atomic mass is 35.5. The Hall–Kier alpha value is -3.27. The lowest BCUT2D eigenvalue weighted by atomic mass is 10.2. The van der Waals surface area contributed by atoms with Crippen LogP contribution in [-0.2, 0) is 4.79 Å². The van der Waals surface area contributed by atoms with Gasteiger partial charge in [-0.25, -0.2) is 0 Å². The molecule has 2 aromatic heterocycles. The van der Waals surface area contributed by atoms with Gasteiger partial charge in [0.1, 0.15) is 12.4 Å². The molecule has 2 aromatic carbocycles. The van der Waals surface area contributed by atoms with Gasteiger partial charge in [-0.15, -0.1) is 10.2 Å². The number of carbonyl (C=O) groups is 1. The van der Waals surface area contributed by atoms with E-state index in [1.165, 1.54) is 11.9 Å². The van der Waals surface area contributed by atoms with Gasteiger partial charge < -0.3 is 19.6 Å². The Morgan fingerprint density at radius 3 is 2.63 bits per heavy atom. The van der Waals surface area contributed by atoms with Crippen molar-refractivity contribution in [1.82, 2.24) is 19.7 Å². The SMILES string of the molecule is Cc1cc(Cl)cc(SN(CC(=O)O)c2ccc3c(ccn3-c3ccc(NCCN(C)C)nn3)c2)c1. The maximum Gasteiger partial charge on any atom is 0.324 e. The topological polar surface area (TPSA) is 86.5 Å². The van der Waals surface area contributed by atoms with Crippen LogP contribution in [-0.4, -0.2) is 64.5 Å². The fraction of sp³-hybridized carbons (Fsp3) is 0.240. The van der Waals surface area contributed by atoms with E-state index >= 15 is 0 Å². The monoisotopic (exact) mass is 510 g/mol. The summed E-state index contributed by atoms with van der Waals surface area (Å²) in [4.78, 5) is 14.6. The number of anilines is 2. The van der Waals surface area contributed by atoms with Gasteiger partial charge in [-0.2, -0.15) is 0 Å². The molecule has 4 rings (SSSR count). The number of aliphatic carboxylic acids is 1. The zero-order chi connectivity index (χ0) is 24.9. The molecule has 2 heterocycles. The minimum Gasteiger partial charge on any atom is -0.480 e. The molecule has 182 valence electrons. The van der Waals surface area contributed by atoms with Gasteiger partial charge in [0.25, 0.3) is 0 Å². The van der Waals surface area contributed by atoms with E-state index in [0.717, 1.165) is 46.0 Å². The molecule has 8 nitrogen and oxygen atoms in total. The number of carboxylic acids is 1. The fourth-order valence-corrected chi connectivity index (χ4v) is 5.04. The van der Waals surface area contributed by atoms with Crippen LogP contribution in [0.1, 0.15) is 5.56 Å². The maximum absolute atomic E-state index is 11.6. The van der Waals surface area contributed by atoms with Crippen molar-refractivity contribution >= 4 is 51.9 Å². The van der Waals surface area contributed by atoms with Crippen molar-refractivity contribution in [2.75, 3.05) is 43.4 Å². The second kappa shape index (κ2) is 11.0. The lowest BCUT2D eigenvalue weighted by Crippen LogP contribution is -2.22. The van der Waals surface area contributed by atoms with Crippen LogP contribution < -0.4 is 9.62 Å². The van der Waals surface area contributed by atoms with Crippen LogP contribution in [0.4, 0.5) is 11.5 Å². The molecule has 0 saturated heterocycles. The first-order valence-corrected chi connectivity index (χ1v) is 12.2. The van der Waals surface area contributed by atoms with E-state index in [2.05, 4.69) is 20.4 Å². The molecule has 35 heavy (non-hydrogen) atoms. The van der Waals surface area contributed by atoms with Crippen molar-refractivity contribution in [3.05, 3.63) is 71.4 Å². The van der Waals surface area contributed by atoms with E-state index < -0.39 is 5.97 Å². The second-order valence-corrected chi connectivity index (χ2v) is 9.95. The Morgan fingerprint density at radius 2 is 1.94 bits per heavy atom. The molecule has 0 spiro atoms. The highest BCUT2D eigenvalue weighted by molar-refractivity contribution is 8.00. The molecule has 0 aliphatic rings. The van der Waals surface area contributed by atoms with Gasteiger partial charge in [0.05, 0.1) is 5.52 Å². The Balaban J connectivity index is 1.57. The quantitative estimate of drug-likeness (QED) is 0.290. The molecule has 10 heteroatoms. The fourth-order valence-electron chi connectivity index (χ4n) is 3.62. The van der Waals surface area contributed by atoms with Crippen molar-refractivity contribution in [2.24, 2.45) is 0 Å². The Kier molecular flexibility index (Phi) is 7.80. The van der Waals surface area contributed by atoms with Gasteiger partial charge in [0.15, 0.2) is 5.82 Å². The van der Waals surface area contributed by atoms with Crippen LogP contribution in [0.15, 0.2) is 65.7 Å². The number of rotatable bonds is 10. The average Bonchev–Trinajstić information content (AvgIpc) is 3.21. The van der Waals surface area contributed by atoms with Crippen molar-refractivity contribution in [3.63, 3.8) is 0 Å². The van der Waals surface area contributed by atoms with Crippen molar-refractivity contribution < 1.29 is 9.90 Å². The Bertz CT molecular complexity index is 1310. The van der Waals surface area contributed by atoms with E-state index in [9.17, 15) is 9.90 Å². The number of hydrogen-bond donors (Lipinski definition) is 2. The van der Waals surface area contributed by atoms with Crippen LogP contribution in [0.3, 0.4) is 0 Å². The molecule has 0 fully saturated rings. The van der Waals surface area contributed by atoms with Gasteiger partial charge in [-0.1, -0.05) is 11.6 Å². The number of aromatic nitrogens is 3. The van der Waals surface area contributed by atoms with Gasteiger partial charge in [0, 0.05) is 40.3 Å². The molecule has 0 atom stereocenters. The van der Waals surface area contributed by atoms with Gasteiger partial charge in [-0.3, -0.25) is 9.36 Å². The first-order valence-electron chi connectivity index (χ1n) is 11.1. The van der Waals surface area contributed by atoms with Crippen LogP contribution in [0.25, 0.3) is 16.7 Å². The number of hydrogen-bond acceptors (Lipinski definition) is 7. The summed E-state index contributed by atoms with van der Waals surface area (Å²) in [5.41, 5.74) is 2.75. The zero-order valence-electron chi connectivity index (χ0n) is 19.8. The number of halogens is 1. The van der Waals surface area contributed by atoms with Gasteiger partial charge >= 0.3 is 5.97 Å². The average molecular weight is 511 g/mol. The summed E-state index contributed by atoms with van der Waals surface area (Å²) in [5, 5.41) is 23.0. The molecule has 0 unspecified atom stereocenters. The van der Waals surface area contributed by atoms with Crippen molar-refractivity contribution in [3.8, 4) is 5.82 Å². The van der Waals surface area contributed by atoms with Crippen molar-refractivity contribution in [2.45, 2.75) is 11.8 Å². The summed E-state index contributed by atoms with van der Waals surface area (Å²) in [5.74, 6) is 0.521. The molecule has 0 saturated carbocycles. The summed E-state index contributed by atoms with van der Waals surface area (Å²) < 4.78 is 3.71.